The number of hydrogen-bond donors (Lipinski definition) is 1. The molecule has 0 aliphatic heterocycles. The van der Waals surface area contributed by atoms with Crippen molar-refractivity contribution in [1.82, 2.24) is 10.3 Å². The van der Waals surface area contributed by atoms with Gasteiger partial charge in [0.2, 0.25) is 0 Å². The van der Waals surface area contributed by atoms with Gasteiger partial charge in [0.1, 0.15) is 12.4 Å². The smallest absolute Gasteiger partial charge is 0.119 e. The van der Waals surface area contributed by atoms with E-state index in [1.54, 1.807) is 6.20 Å². The summed E-state index contributed by atoms with van der Waals surface area (Å²) in [5.74, 6) is 0.870. The molecule has 21 heavy (non-hydrogen) atoms. The molecular weight excluding hydrogens is 328 g/mol. The van der Waals surface area contributed by atoms with E-state index in [9.17, 15) is 0 Å². The van der Waals surface area contributed by atoms with Crippen molar-refractivity contribution in [3.63, 3.8) is 0 Å². The van der Waals surface area contributed by atoms with Crippen LogP contribution in [0.25, 0.3) is 0 Å². The molecule has 0 aliphatic rings. The number of nitrogens with zero attached hydrogens (tertiary/aromatic N) is 1. The normalized spacial score (nSPS) is 11.4. The van der Waals surface area contributed by atoms with E-state index < -0.39 is 0 Å². The zero-order chi connectivity index (χ0) is 15.3. The van der Waals surface area contributed by atoms with E-state index in [2.05, 4.69) is 59.1 Å². The van der Waals surface area contributed by atoms with Crippen molar-refractivity contribution >= 4 is 15.9 Å². The van der Waals surface area contributed by atoms with Crippen molar-refractivity contribution in [1.29, 1.82) is 0 Å². The zero-order valence-corrected chi connectivity index (χ0v) is 14.3. The molecule has 1 aromatic heterocycles. The quantitative estimate of drug-likeness (QED) is 0.873. The van der Waals surface area contributed by atoms with Crippen molar-refractivity contribution in [2.75, 3.05) is 0 Å². The molecule has 0 spiro atoms. The van der Waals surface area contributed by atoms with Crippen LogP contribution in [0.1, 0.15) is 31.9 Å². The molecule has 0 unspecified atom stereocenters. The monoisotopic (exact) mass is 348 g/mol. The molecular formula is C17H21BrN2O. The van der Waals surface area contributed by atoms with Gasteiger partial charge in [-0.2, -0.15) is 0 Å². The number of aromatic nitrogens is 1. The summed E-state index contributed by atoms with van der Waals surface area (Å²) in [6, 6.07) is 10.2. The lowest BCUT2D eigenvalue weighted by Crippen LogP contribution is -2.34. The Morgan fingerprint density at radius 3 is 2.43 bits per heavy atom. The Labute approximate surface area is 134 Å². The second kappa shape index (κ2) is 7.05. The highest BCUT2D eigenvalue weighted by molar-refractivity contribution is 9.10. The molecule has 0 aliphatic carbocycles. The van der Waals surface area contributed by atoms with Crippen LogP contribution in [0.5, 0.6) is 5.75 Å². The second-order valence-electron chi connectivity index (χ2n) is 6.05. The lowest BCUT2D eigenvalue weighted by molar-refractivity contribution is 0.305. The number of hydrogen-bond acceptors (Lipinski definition) is 3. The van der Waals surface area contributed by atoms with Gasteiger partial charge in [-0.05, 0) is 60.5 Å². The number of halogens is 1. The summed E-state index contributed by atoms with van der Waals surface area (Å²) < 4.78 is 6.73. The molecule has 0 saturated heterocycles. The van der Waals surface area contributed by atoms with E-state index in [0.29, 0.717) is 6.61 Å². The molecule has 0 fully saturated rings. The molecule has 0 bridgehead atoms. The lowest BCUT2D eigenvalue weighted by atomic mass is 10.1. The Morgan fingerprint density at radius 1 is 1.10 bits per heavy atom. The molecule has 3 nitrogen and oxygen atoms in total. The van der Waals surface area contributed by atoms with Crippen molar-refractivity contribution in [3.05, 3.63) is 58.3 Å². The first-order valence-corrected chi connectivity index (χ1v) is 7.78. The number of benzene rings is 1. The molecule has 1 N–H and O–H groups in total. The number of rotatable bonds is 5. The van der Waals surface area contributed by atoms with Crippen molar-refractivity contribution in [2.45, 2.75) is 39.5 Å². The minimum atomic E-state index is 0.128. The third-order valence-corrected chi connectivity index (χ3v) is 3.35. The minimum absolute atomic E-state index is 0.128. The third kappa shape index (κ3) is 5.86. The summed E-state index contributed by atoms with van der Waals surface area (Å²) in [5, 5.41) is 3.47. The molecule has 4 heteroatoms. The fourth-order valence-electron chi connectivity index (χ4n) is 1.77. The van der Waals surface area contributed by atoms with Gasteiger partial charge in [0.05, 0.1) is 0 Å². The molecule has 1 heterocycles. The summed E-state index contributed by atoms with van der Waals surface area (Å²) in [4.78, 5) is 4.12. The highest BCUT2D eigenvalue weighted by atomic mass is 79.9. The van der Waals surface area contributed by atoms with Gasteiger partial charge in [-0.15, -0.1) is 0 Å². The Bertz CT molecular complexity index is 576. The SMILES string of the molecule is CC(C)(C)NCc1ccc(OCc2cncc(Br)c2)cc1. The van der Waals surface area contributed by atoms with Gasteiger partial charge in [0.15, 0.2) is 0 Å². The molecule has 112 valence electrons. The van der Waals surface area contributed by atoms with Crippen LogP contribution in [0.4, 0.5) is 0 Å². The Hall–Kier alpha value is -1.39. The van der Waals surface area contributed by atoms with Gasteiger partial charge in [-0.1, -0.05) is 12.1 Å². The maximum Gasteiger partial charge on any atom is 0.119 e. The number of ether oxygens (including phenoxy) is 1. The molecule has 0 saturated carbocycles. The predicted molar refractivity (Wildman–Crippen MR) is 89.3 cm³/mol. The van der Waals surface area contributed by atoms with Gasteiger partial charge in [0.25, 0.3) is 0 Å². The van der Waals surface area contributed by atoms with E-state index in [-0.39, 0.29) is 5.54 Å². The Morgan fingerprint density at radius 2 is 1.81 bits per heavy atom. The number of nitrogens with one attached hydrogen (secondary N) is 1. The Balaban J connectivity index is 1.87. The lowest BCUT2D eigenvalue weighted by Gasteiger charge is -2.20. The molecule has 2 rings (SSSR count). The first-order chi connectivity index (χ1) is 9.92. The summed E-state index contributed by atoms with van der Waals surface area (Å²) in [5.41, 5.74) is 2.42. The van der Waals surface area contributed by atoms with Crippen LogP contribution >= 0.6 is 15.9 Å². The van der Waals surface area contributed by atoms with Crippen LogP contribution in [0.2, 0.25) is 0 Å². The summed E-state index contributed by atoms with van der Waals surface area (Å²) in [6.45, 7) is 7.87. The first-order valence-electron chi connectivity index (χ1n) is 6.98. The highest BCUT2D eigenvalue weighted by Crippen LogP contribution is 2.16. The largest absolute Gasteiger partial charge is 0.489 e. The van der Waals surface area contributed by atoms with Gasteiger partial charge in [0, 0.05) is 34.5 Å². The van der Waals surface area contributed by atoms with Gasteiger partial charge in [-0.25, -0.2) is 0 Å². The molecule has 2 aromatic rings. The van der Waals surface area contributed by atoms with Gasteiger partial charge in [-0.3, -0.25) is 4.98 Å². The van der Waals surface area contributed by atoms with E-state index in [0.717, 1.165) is 22.3 Å². The number of pyridine rings is 1. The predicted octanol–water partition coefficient (Wildman–Crippen LogP) is 4.31. The maximum absolute atomic E-state index is 5.77. The maximum atomic E-state index is 5.77. The fourth-order valence-corrected chi connectivity index (χ4v) is 2.18. The van der Waals surface area contributed by atoms with Crippen LogP contribution < -0.4 is 10.1 Å². The van der Waals surface area contributed by atoms with Crippen molar-refractivity contribution < 1.29 is 4.74 Å². The van der Waals surface area contributed by atoms with Crippen LogP contribution in [0.15, 0.2) is 47.2 Å². The van der Waals surface area contributed by atoms with E-state index in [4.69, 9.17) is 4.74 Å². The fraction of sp³-hybridized carbons (Fsp3) is 0.353. The molecule has 0 atom stereocenters. The van der Waals surface area contributed by atoms with Crippen LogP contribution in [0, 0.1) is 0 Å². The average molecular weight is 349 g/mol. The summed E-state index contributed by atoms with van der Waals surface area (Å²) in [6.07, 6.45) is 3.58. The van der Waals surface area contributed by atoms with Gasteiger partial charge >= 0.3 is 0 Å². The minimum Gasteiger partial charge on any atom is -0.489 e. The average Bonchev–Trinajstić information content (AvgIpc) is 2.43. The second-order valence-corrected chi connectivity index (χ2v) is 6.96. The molecule has 0 amide bonds. The zero-order valence-electron chi connectivity index (χ0n) is 12.7. The van der Waals surface area contributed by atoms with Crippen molar-refractivity contribution in [3.8, 4) is 5.75 Å². The van der Waals surface area contributed by atoms with Crippen LogP contribution in [0.3, 0.4) is 0 Å². The summed E-state index contributed by atoms with van der Waals surface area (Å²) >= 11 is 3.41. The van der Waals surface area contributed by atoms with Gasteiger partial charge < -0.3 is 10.1 Å². The highest BCUT2D eigenvalue weighted by Gasteiger charge is 2.08. The van der Waals surface area contributed by atoms with E-state index >= 15 is 0 Å². The van der Waals surface area contributed by atoms with E-state index in [1.165, 1.54) is 5.56 Å². The van der Waals surface area contributed by atoms with E-state index in [1.807, 2.05) is 24.4 Å². The van der Waals surface area contributed by atoms with Crippen LogP contribution in [-0.4, -0.2) is 10.5 Å². The first kappa shape index (κ1) is 16.0. The molecule has 0 radical (unpaired) electrons. The topological polar surface area (TPSA) is 34.1 Å². The molecule has 1 aromatic carbocycles. The Kier molecular flexibility index (Phi) is 5.37. The summed E-state index contributed by atoms with van der Waals surface area (Å²) in [7, 11) is 0. The van der Waals surface area contributed by atoms with Crippen LogP contribution in [-0.2, 0) is 13.2 Å². The van der Waals surface area contributed by atoms with Crippen molar-refractivity contribution in [2.24, 2.45) is 0 Å². The standard InChI is InChI=1S/C17H21BrN2O/c1-17(2,3)20-10-13-4-6-16(7-5-13)21-12-14-8-15(18)11-19-9-14/h4-9,11,20H,10,12H2,1-3H3. The third-order valence-electron chi connectivity index (χ3n) is 2.91.